The fourth-order valence-electron chi connectivity index (χ4n) is 2.26. The number of hydrogen-bond donors (Lipinski definition) is 2. The predicted molar refractivity (Wildman–Crippen MR) is 93.4 cm³/mol. The zero-order valence-electron chi connectivity index (χ0n) is 14.6. The number of aromatic nitrogens is 2. The van der Waals surface area contributed by atoms with E-state index in [1.165, 1.54) is 18.6 Å². The van der Waals surface area contributed by atoms with Crippen molar-refractivity contribution in [3.63, 3.8) is 0 Å². The molecule has 0 fully saturated rings. The van der Waals surface area contributed by atoms with Gasteiger partial charge in [-0.3, -0.25) is 20.6 Å². The van der Waals surface area contributed by atoms with Crippen LogP contribution in [0.25, 0.3) is 0 Å². The number of halogens is 6. The van der Waals surface area contributed by atoms with Crippen molar-refractivity contribution in [1.82, 2.24) is 15.4 Å². The molecule has 30 heavy (non-hydrogen) atoms. The zero-order valence-corrected chi connectivity index (χ0v) is 14.6. The normalized spacial score (nSPS) is 15.3. The van der Waals surface area contributed by atoms with Crippen molar-refractivity contribution in [3.8, 4) is 0 Å². The average Bonchev–Trinajstić information content (AvgIpc) is 3.14. The molecule has 0 aliphatic carbocycles. The lowest BCUT2D eigenvalue weighted by Crippen LogP contribution is -2.28. The van der Waals surface area contributed by atoms with Gasteiger partial charge in [0.1, 0.15) is 0 Å². The lowest BCUT2D eigenvalue weighted by atomic mass is 10.0. The molecule has 1 aromatic carbocycles. The highest BCUT2D eigenvalue weighted by Crippen LogP contribution is 2.36. The monoisotopic (exact) mass is 428 g/mol. The molecular formula is C17H10F6N6O. The van der Waals surface area contributed by atoms with E-state index in [1.54, 1.807) is 0 Å². The number of anilines is 1. The van der Waals surface area contributed by atoms with Crippen LogP contribution in [0.3, 0.4) is 0 Å². The molecule has 2 aromatic rings. The lowest BCUT2D eigenvalue weighted by Gasteiger charge is -2.13. The molecule has 2 N–H and O–H groups in total. The summed E-state index contributed by atoms with van der Waals surface area (Å²) in [5.74, 6) is -0.878. The van der Waals surface area contributed by atoms with Gasteiger partial charge < -0.3 is 0 Å². The molecule has 0 saturated carbocycles. The summed E-state index contributed by atoms with van der Waals surface area (Å²) in [7, 11) is 0. The number of nitrogens with zero attached hydrogens (tertiary/aromatic N) is 4. The highest BCUT2D eigenvalue weighted by atomic mass is 19.4. The fraction of sp³-hybridized carbons (Fsp3) is 0.118. The van der Waals surface area contributed by atoms with E-state index < -0.39 is 40.8 Å². The second-order valence-electron chi connectivity index (χ2n) is 5.76. The van der Waals surface area contributed by atoms with E-state index in [0.717, 1.165) is 12.3 Å². The predicted octanol–water partition coefficient (Wildman–Crippen LogP) is 3.37. The first kappa shape index (κ1) is 21.0. The van der Waals surface area contributed by atoms with E-state index in [1.807, 2.05) is 0 Å². The minimum atomic E-state index is -5.00. The molecule has 0 radical (unpaired) electrons. The van der Waals surface area contributed by atoms with Crippen LogP contribution < -0.4 is 10.9 Å². The van der Waals surface area contributed by atoms with Gasteiger partial charge in [-0.05, 0) is 18.2 Å². The summed E-state index contributed by atoms with van der Waals surface area (Å²) in [5.41, 5.74) is 1.14. The molecule has 1 aliphatic heterocycles. The van der Waals surface area contributed by atoms with Gasteiger partial charge in [-0.1, -0.05) is 0 Å². The highest BCUT2D eigenvalue weighted by molar-refractivity contribution is 6.12. The van der Waals surface area contributed by atoms with Crippen LogP contribution >= 0.6 is 0 Å². The average molecular weight is 428 g/mol. The number of allylic oxidation sites excluding steroid dienone is 1. The van der Waals surface area contributed by atoms with Crippen LogP contribution in [0.15, 0.2) is 58.5 Å². The van der Waals surface area contributed by atoms with Crippen LogP contribution in [-0.4, -0.2) is 27.9 Å². The lowest BCUT2D eigenvalue weighted by molar-refractivity contribution is -0.143. The van der Waals surface area contributed by atoms with Crippen molar-refractivity contribution in [1.29, 1.82) is 0 Å². The molecule has 1 aliphatic rings. The highest BCUT2D eigenvalue weighted by Gasteiger charge is 2.37. The number of rotatable bonds is 4. The maximum absolute atomic E-state index is 13.0. The van der Waals surface area contributed by atoms with Crippen molar-refractivity contribution >= 4 is 23.8 Å². The largest absolute Gasteiger partial charge is 0.416 e. The van der Waals surface area contributed by atoms with Crippen LogP contribution in [0.5, 0.6) is 0 Å². The van der Waals surface area contributed by atoms with Crippen molar-refractivity contribution in [2.45, 2.75) is 12.4 Å². The second kappa shape index (κ2) is 7.93. The minimum Gasteiger partial charge on any atom is -0.280 e. The summed E-state index contributed by atoms with van der Waals surface area (Å²) in [5, 5.41) is 0. The summed E-state index contributed by atoms with van der Waals surface area (Å²) in [4.78, 5) is 27.0. The van der Waals surface area contributed by atoms with Gasteiger partial charge in [0.15, 0.2) is 11.7 Å². The number of alkyl halides is 6. The number of amides is 1. The second-order valence-corrected chi connectivity index (χ2v) is 5.76. The van der Waals surface area contributed by atoms with E-state index in [4.69, 9.17) is 0 Å². The van der Waals surface area contributed by atoms with Crippen molar-refractivity contribution < 1.29 is 31.1 Å². The molecule has 1 aromatic heterocycles. The van der Waals surface area contributed by atoms with Crippen molar-refractivity contribution in [3.05, 3.63) is 65.3 Å². The van der Waals surface area contributed by atoms with Crippen LogP contribution in [-0.2, 0) is 17.1 Å². The third-order valence-electron chi connectivity index (χ3n) is 3.56. The molecule has 0 spiro atoms. The molecular weight excluding hydrogens is 418 g/mol. The topological polar surface area (TPSA) is 91.6 Å². The number of hydrazine groups is 1. The van der Waals surface area contributed by atoms with E-state index in [-0.39, 0.29) is 17.6 Å². The summed E-state index contributed by atoms with van der Waals surface area (Å²) in [6.07, 6.45) is -3.90. The first-order chi connectivity index (χ1) is 14.0. The Bertz CT molecular complexity index is 1010. The Kier molecular flexibility index (Phi) is 5.54. The summed E-state index contributed by atoms with van der Waals surface area (Å²) >= 11 is 0. The third-order valence-corrected chi connectivity index (χ3v) is 3.56. The quantitative estimate of drug-likeness (QED) is 0.444. The van der Waals surface area contributed by atoms with E-state index >= 15 is 0 Å². The standard InChI is InChI=1S/C17H10F6N6O/c18-16(19,20)10-3-9(4-11(5-10)17(21,22)23)15-26-7-12(27-15)6-14(30)29-28-13-8-24-1-2-25-13/h1-8H,(H,25,28)(H,29,30). The number of benzene rings is 1. The van der Waals surface area contributed by atoms with Crippen molar-refractivity contribution in [2.24, 2.45) is 9.98 Å². The van der Waals surface area contributed by atoms with Gasteiger partial charge in [0.25, 0.3) is 5.91 Å². The number of nitrogens with one attached hydrogen (secondary N) is 2. The van der Waals surface area contributed by atoms with E-state index in [0.29, 0.717) is 12.1 Å². The summed E-state index contributed by atoms with van der Waals surface area (Å²) < 4.78 is 77.8. The van der Waals surface area contributed by atoms with Gasteiger partial charge in [0.2, 0.25) is 0 Å². The van der Waals surface area contributed by atoms with Gasteiger partial charge >= 0.3 is 12.4 Å². The van der Waals surface area contributed by atoms with Gasteiger partial charge in [0, 0.05) is 24.0 Å². The van der Waals surface area contributed by atoms with Crippen LogP contribution in [0.2, 0.25) is 0 Å². The Balaban J connectivity index is 1.82. The summed E-state index contributed by atoms with van der Waals surface area (Å²) in [6, 6.07) is 1.01. The molecule has 0 bridgehead atoms. The molecule has 0 unspecified atom stereocenters. The van der Waals surface area contributed by atoms with Gasteiger partial charge in [-0.25, -0.2) is 15.0 Å². The first-order valence-corrected chi connectivity index (χ1v) is 7.99. The van der Waals surface area contributed by atoms with Crippen LogP contribution in [0.1, 0.15) is 16.7 Å². The first-order valence-electron chi connectivity index (χ1n) is 7.99. The van der Waals surface area contributed by atoms with Gasteiger partial charge in [-0.2, -0.15) is 26.3 Å². The van der Waals surface area contributed by atoms with Gasteiger partial charge in [0.05, 0.1) is 29.2 Å². The van der Waals surface area contributed by atoms with E-state index in [9.17, 15) is 31.1 Å². The third kappa shape index (κ3) is 5.18. The van der Waals surface area contributed by atoms with Crippen LogP contribution in [0, 0.1) is 0 Å². The summed E-state index contributed by atoms with van der Waals surface area (Å²) in [6.45, 7) is 0. The van der Waals surface area contributed by atoms with E-state index in [2.05, 4.69) is 30.8 Å². The molecule has 7 nitrogen and oxygen atoms in total. The minimum absolute atomic E-state index is 0.00503. The number of carbonyl (C=O) groups is 1. The number of hydrogen-bond acceptors (Lipinski definition) is 6. The number of carbonyl (C=O) groups excluding carboxylic acids is 1. The number of amidine groups is 1. The van der Waals surface area contributed by atoms with Crippen molar-refractivity contribution in [2.75, 3.05) is 5.43 Å². The Labute approximate surface area is 164 Å². The molecule has 0 saturated heterocycles. The molecule has 156 valence electrons. The molecule has 2 heterocycles. The Morgan fingerprint density at radius 1 is 0.967 bits per heavy atom. The maximum Gasteiger partial charge on any atom is 0.416 e. The molecule has 0 atom stereocenters. The van der Waals surface area contributed by atoms with Crippen LogP contribution in [0.4, 0.5) is 32.2 Å². The molecule has 13 heteroatoms. The molecule has 1 amide bonds. The zero-order chi connectivity index (χ0) is 21.9. The smallest absolute Gasteiger partial charge is 0.280 e. The fourth-order valence-corrected chi connectivity index (χ4v) is 2.26. The van der Waals surface area contributed by atoms with Gasteiger partial charge in [-0.15, -0.1) is 0 Å². The Hall–Kier alpha value is -3.77. The Morgan fingerprint density at radius 2 is 1.63 bits per heavy atom. The molecule has 3 rings (SSSR count). The number of aliphatic imine (C=N–C) groups is 2. The SMILES string of the molecule is O=C(C=C1C=NC(c2cc(C(F)(F)F)cc(C(F)(F)F)c2)=N1)NNc1cnccn1. The maximum atomic E-state index is 13.0. The Morgan fingerprint density at radius 3 is 2.20 bits per heavy atom.